The highest BCUT2D eigenvalue weighted by molar-refractivity contribution is 7.92. The Morgan fingerprint density at radius 1 is 0.944 bits per heavy atom. The number of hydrogen-bond acceptors (Lipinski definition) is 7. The number of amides is 1. The highest BCUT2D eigenvalue weighted by atomic mass is 32.2. The fraction of sp³-hybridized carbons (Fsp3) is 0.436. The first-order valence-corrected chi connectivity index (χ1v) is 19.3. The van der Waals surface area contributed by atoms with Crippen molar-refractivity contribution >= 4 is 26.6 Å². The predicted octanol–water partition coefficient (Wildman–Crippen LogP) is 7.68. The highest BCUT2D eigenvalue weighted by Crippen LogP contribution is 2.39. The summed E-state index contributed by atoms with van der Waals surface area (Å²) in [6.07, 6.45) is -8.93. The van der Waals surface area contributed by atoms with Crippen molar-refractivity contribution in [2.45, 2.75) is 68.3 Å². The number of nitrogens with one attached hydrogen (secondary N) is 1. The highest BCUT2D eigenvalue weighted by Gasteiger charge is 2.43. The van der Waals surface area contributed by atoms with Crippen molar-refractivity contribution < 1.29 is 44.3 Å². The third kappa shape index (κ3) is 8.43. The van der Waals surface area contributed by atoms with Crippen molar-refractivity contribution in [2.75, 3.05) is 39.4 Å². The Bertz CT molecular complexity index is 2090. The number of alkyl halides is 6. The summed E-state index contributed by atoms with van der Waals surface area (Å²) in [6, 6.07) is 12.8. The van der Waals surface area contributed by atoms with Crippen LogP contribution in [-0.4, -0.2) is 86.0 Å². The second-order valence-electron chi connectivity index (χ2n) is 14.2. The number of hydrogen-bond donors (Lipinski definition) is 1. The van der Waals surface area contributed by atoms with Gasteiger partial charge in [0.2, 0.25) is 0 Å². The third-order valence-corrected chi connectivity index (χ3v) is 12.4. The van der Waals surface area contributed by atoms with E-state index in [9.17, 15) is 39.6 Å². The van der Waals surface area contributed by atoms with E-state index in [1.165, 1.54) is 74.5 Å². The maximum absolute atomic E-state index is 14.7. The van der Waals surface area contributed by atoms with Gasteiger partial charge < -0.3 is 10.1 Å². The van der Waals surface area contributed by atoms with Gasteiger partial charge in [-0.25, -0.2) is 13.4 Å². The van der Waals surface area contributed by atoms with Crippen LogP contribution in [0.4, 0.5) is 26.3 Å². The summed E-state index contributed by atoms with van der Waals surface area (Å²) < 4.78 is 118. The monoisotopic (exact) mass is 776 g/mol. The number of sulfone groups is 1. The van der Waals surface area contributed by atoms with Crippen LogP contribution in [0.25, 0.3) is 22.2 Å². The smallest absolute Gasteiger partial charge is 0.379 e. The fourth-order valence-electron chi connectivity index (χ4n) is 7.47. The molecule has 8 nitrogen and oxygen atoms in total. The molecule has 3 heterocycles. The zero-order chi connectivity index (χ0) is 39.0. The van der Waals surface area contributed by atoms with Gasteiger partial charge in [-0.3, -0.25) is 14.6 Å². The van der Waals surface area contributed by atoms with Crippen molar-refractivity contribution in [3.63, 3.8) is 0 Å². The van der Waals surface area contributed by atoms with Crippen molar-refractivity contribution in [2.24, 2.45) is 5.92 Å². The molecule has 2 aliphatic rings. The number of benzene rings is 3. The van der Waals surface area contributed by atoms with Crippen LogP contribution >= 0.6 is 0 Å². The molecule has 6 rings (SSSR count). The van der Waals surface area contributed by atoms with E-state index in [1.54, 1.807) is 0 Å². The molecule has 1 aromatic heterocycles. The number of fused-ring (bicyclic) bond motifs is 1. The quantitative estimate of drug-likeness (QED) is 0.175. The summed E-state index contributed by atoms with van der Waals surface area (Å²) in [6.45, 7) is 8.80. The zero-order valence-corrected chi connectivity index (χ0v) is 30.9. The van der Waals surface area contributed by atoms with Gasteiger partial charge in [-0.1, -0.05) is 49.4 Å². The van der Waals surface area contributed by atoms with Crippen LogP contribution in [0.3, 0.4) is 0 Å². The van der Waals surface area contributed by atoms with E-state index in [2.05, 4.69) is 17.1 Å². The van der Waals surface area contributed by atoms with Crippen LogP contribution in [0.5, 0.6) is 0 Å². The Hall–Kier alpha value is -4.05. The van der Waals surface area contributed by atoms with Gasteiger partial charge in [0.05, 0.1) is 45.7 Å². The number of nitrogens with zero attached hydrogens (tertiary/aromatic N) is 3. The molecule has 3 aromatic carbocycles. The number of likely N-dealkylation sites (tertiary alicyclic amines) is 1. The summed E-state index contributed by atoms with van der Waals surface area (Å²) >= 11 is 0. The SMILES string of the molecule is CC1CN(Cc2c(-c3cccc(C(F)(F)F)c3)nc3ccc(S(=O)(=O)C(C)C)cc3c2C(=O)NC(c2ccccc2)C(F)(F)F)CCC1N1CCOCC1. The molecule has 0 radical (unpaired) electrons. The second kappa shape index (κ2) is 15.6. The van der Waals surface area contributed by atoms with E-state index in [4.69, 9.17) is 9.72 Å². The lowest BCUT2D eigenvalue weighted by Crippen LogP contribution is -2.53. The van der Waals surface area contributed by atoms with Gasteiger partial charge in [0.15, 0.2) is 15.9 Å². The Morgan fingerprint density at radius 2 is 1.65 bits per heavy atom. The van der Waals surface area contributed by atoms with Gasteiger partial charge in [-0.05, 0) is 68.6 Å². The molecule has 54 heavy (non-hydrogen) atoms. The lowest BCUT2D eigenvalue weighted by molar-refractivity contribution is -0.155. The van der Waals surface area contributed by atoms with E-state index in [0.29, 0.717) is 26.3 Å². The summed E-state index contributed by atoms with van der Waals surface area (Å²) in [5.41, 5.74) is -1.41. The minimum absolute atomic E-state index is 0.00124. The fourth-order valence-corrected chi connectivity index (χ4v) is 8.55. The average molecular weight is 777 g/mol. The average Bonchev–Trinajstić information content (AvgIpc) is 3.13. The first kappa shape index (κ1) is 39.6. The van der Waals surface area contributed by atoms with Crippen molar-refractivity contribution in [1.82, 2.24) is 20.1 Å². The summed E-state index contributed by atoms with van der Waals surface area (Å²) in [7, 11) is -3.94. The zero-order valence-electron chi connectivity index (χ0n) is 30.0. The molecule has 0 saturated carbocycles. The van der Waals surface area contributed by atoms with E-state index in [1.807, 2.05) is 4.90 Å². The molecule has 2 fully saturated rings. The van der Waals surface area contributed by atoms with E-state index in [-0.39, 0.29) is 62.3 Å². The number of carbonyl (C=O) groups is 1. The molecule has 2 aliphatic heterocycles. The van der Waals surface area contributed by atoms with Gasteiger partial charge in [-0.2, -0.15) is 26.3 Å². The first-order valence-electron chi connectivity index (χ1n) is 17.8. The lowest BCUT2D eigenvalue weighted by atomic mass is 9.90. The molecular weight excluding hydrogens is 735 g/mol. The van der Waals surface area contributed by atoms with Gasteiger partial charge >= 0.3 is 12.4 Å². The van der Waals surface area contributed by atoms with Gasteiger partial charge in [0.25, 0.3) is 5.91 Å². The Kier molecular flexibility index (Phi) is 11.4. The van der Waals surface area contributed by atoms with Crippen LogP contribution in [0, 0.1) is 5.92 Å². The molecule has 290 valence electrons. The number of halogens is 6. The molecule has 2 saturated heterocycles. The number of morpholine rings is 1. The largest absolute Gasteiger partial charge is 0.416 e. The van der Waals surface area contributed by atoms with E-state index in [0.717, 1.165) is 31.6 Å². The number of carbonyl (C=O) groups excluding carboxylic acids is 1. The van der Waals surface area contributed by atoms with Crippen LogP contribution in [-0.2, 0) is 27.3 Å². The van der Waals surface area contributed by atoms with Crippen molar-refractivity contribution in [3.8, 4) is 11.3 Å². The van der Waals surface area contributed by atoms with E-state index >= 15 is 0 Å². The summed E-state index contributed by atoms with van der Waals surface area (Å²) in [5, 5.41) is 1.25. The van der Waals surface area contributed by atoms with Gasteiger partial charge in [-0.15, -0.1) is 0 Å². The lowest BCUT2D eigenvalue weighted by Gasteiger charge is -2.44. The molecule has 3 unspecified atom stereocenters. The minimum atomic E-state index is -4.94. The number of ether oxygens (including phenoxy) is 1. The molecule has 0 aliphatic carbocycles. The number of aromatic nitrogens is 1. The second-order valence-corrected chi connectivity index (χ2v) is 16.7. The molecule has 1 N–H and O–H groups in total. The normalized spacial score (nSPS) is 20.0. The predicted molar refractivity (Wildman–Crippen MR) is 192 cm³/mol. The summed E-state index contributed by atoms with van der Waals surface area (Å²) in [4.78, 5) is 23.5. The maximum Gasteiger partial charge on any atom is 0.416 e. The van der Waals surface area contributed by atoms with Crippen LogP contribution in [0.15, 0.2) is 77.7 Å². The summed E-state index contributed by atoms with van der Waals surface area (Å²) in [5.74, 6) is -1.05. The Balaban J connectivity index is 1.56. The molecule has 0 bridgehead atoms. The van der Waals surface area contributed by atoms with Crippen LogP contribution in [0.2, 0.25) is 0 Å². The number of rotatable bonds is 9. The Labute approximate surface area is 310 Å². The van der Waals surface area contributed by atoms with Crippen molar-refractivity contribution in [1.29, 1.82) is 0 Å². The molecule has 15 heteroatoms. The topological polar surface area (TPSA) is 91.8 Å². The number of pyridine rings is 1. The minimum Gasteiger partial charge on any atom is -0.379 e. The third-order valence-electron chi connectivity index (χ3n) is 10.3. The Morgan fingerprint density at radius 3 is 2.28 bits per heavy atom. The molecular formula is C39H42F6N4O4S. The first-order chi connectivity index (χ1) is 25.4. The van der Waals surface area contributed by atoms with Crippen LogP contribution < -0.4 is 5.32 Å². The molecule has 1 amide bonds. The molecule has 0 spiro atoms. The number of piperidine rings is 1. The maximum atomic E-state index is 14.7. The standard InChI is InChI=1S/C39H42F6N4O4S/c1-24(2)54(51,52)29-12-13-32-30(21-29)34(37(50)47-36(39(43,44)45)26-8-5-4-6-9-26)31(35(46-32)27-10-7-11-28(20-27)38(40,41)42)23-48-15-14-33(25(3)22-48)49-16-18-53-19-17-49/h4-13,20-21,24-25,33,36H,14-19,22-23H2,1-3H3,(H,47,50). The van der Waals surface area contributed by atoms with E-state index < -0.39 is 45.0 Å². The molecule has 4 aromatic rings. The van der Waals surface area contributed by atoms with Gasteiger partial charge in [0, 0.05) is 48.7 Å². The van der Waals surface area contributed by atoms with Crippen molar-refractivity contribution in [3.05, 3.63) is 95.1 Å². The van der Waals surface area contributed by atoms with Gasteiger partial charge in [0.1, 0.15) is 0 Å². The van der Waals surface area contributed by atoms with Crippen LogP contribution in [0.1, 0.15) is 60.3 Å². The molecule has 3 atom stereocenters.